The largest absolute Gasteiger partial charge is 0.343 e. The highest BCUT2D eigenvalue weighted by Gasteiger charge is 2.38. The van der Waals surface area contributed by atoms with Crippen LogP contribution in [-0.4, -0.2) is 46.5 Å². The van der Waals surface area contributed by atoms with Gasteiger partial charge >= 0.3 is 0 Å². The lowest BCUT2D eigenvalue weighted by atomic mass is 10.2. The van der Waals surface area contributed by atoms with Crippen LogP contribution in [0.25, 0.3) is 0 Å². The lowest BCUT2D eigenvalue weighted by Gasteiger charge is -2.25. The SMILES string of the molecule is C[C@@H]1S[C@@H](c2cccc(F)c2)N(CCC(=O)N2CCCC2)C1=O. The molecule has 23 heavy (non-hydrogen) atoms. The van der Waals surface area contributed by atoms with Crippen LogP contribution in [0.3, 0.4) is 0 Å². The van der Waals surface area contributed by atoms with E-state index in [0.29, 0.717) is 13.0 Å². The number of amides is 2. The van der Waals surface area contributed by atoms with Crippen molar-refractivity contribution in [3.63, 3.8) is 0 Å². The van der Waals surface area contributed by atoms with Gasteiger partial charge in [0, 0.05) is 26.1 Å². The monoisotopic (exact) mass is 336 g/mol. The summed E-state index contributed by atoms with van der Waals surface area (Å²) in [6.07, 6.45) is 2.46. The van der Waals surface area contributed by atoms with E-state index in [2.05, 4.69) is 0 Å². The van der Waals surface area contributed by atoms with E-state index < -0.39 is 0 Å². The minimum Gasteiger partial charge on any atom is -0.343 e. The van der Waals surface area contributed by atoms with Gasteiger partial charge in [0.2, 0.25) is 11.8 Å². The predicted octanol–water partition coefficient (Wildman–Crippen LogP) is 2.80. The Labute approximate surface area is 140 Å². The van der Waals surface area contributed by atoms with Gasteiger partial charge < -0.3 is 9.80 Å². The molecule has 0 N–H and O–H groups in total. The molecule has 0 aliphatic carbocycles. The molecule has 0 spiro atoms. The van der Waals surface area contributed by atoms with E-state index in [4.69, 9.17) is 0 Å². The van der Waals surface area contributed by atoms with E-state index in [1.54, 1.807) is 11.0 Å². The smallest absolute Gasteiger partial charge is 0.236 e. The zero-order chi connectivity index (χ0) is 16.4. The zero-order valence-corrected chi connectivity index (χ0v) is 14.0. The highest BCUT2D eigenvalue weighted by atomic mass is 32.2. The van der Waals surface area contributed by atoms with Gasteiger partial charge in [-0.1, -0.05) is 12.1 Å². The van der Waals surface area contributed by atoms with Crippen molar-refractivity contribution in [2.45, 2.75) is 36.8 Å². The molecule has 3 rings (SSSR count). The molecular formula is C17H21FN2O2S. The van der Waals surface area contributed by atoms with Gasteiger partial charge in [0.05, 0.1) is 5.25 Å². The van der Waals surface area contributed by atoms with E-state index in [-0.39, 0.29) is 28.3 Å². The van der Waals surface area contributed by atoms with Gasteiger partial charge in [-0.3, -0.25) is 9.59 Å². The summed E-state index contributed by atoms with van der Waals surface area (Å²) < 4.78 is 13.5. The first kappa shape index (κ1) is 16.3. The summed E-state index contributed by atoms with van der Waals surface area (Å²) >= 11 is 1.51. The standard InChI is InChI=1S/C17H21FN2O2S/c1-12-16(22)20(10-7-15(21)19-8-2-3-9-19)17(23-12)13-5-4-6-14(18)11-13/h4-6,11-12,17H,2-3,7-10H2,1H3/t12-,17-/m0/s1. The first-order chi connectivity index (χ1) is 11.1. The maximum absolute atomic E-state index is 13.5. The van der Waals surface area contributed by atoms with Crippen molar-refractivity contribution in [1.82, 2.24) is 9.80 Å². The summed E-state index contributed by atoms with van der Waals surface area (Å²) in [6.45, 7) is 3.91. The van der Waals surface area contributed by atoms with E-state index in [0.717, 1.165) is 31.5 Å². The molecule has 6 heteroatoms. The van der Waals surface area contributed by atoms with E-state index in [1.165, 1.54) is 23.9 Å². The zero-order valence-electron chi connectivity index (χ0n) is 13.2. The van der Waals surface area contributed by atoms with Crippen molar-refractivity contribution in [2.24, 2.45) is 0 Å². The third kappa shape index (κ3) is 3.52. The molecule has 0 bridgehead atoms. The Morgan fingerprint density at radius 2 is 2.09 bits per heavy atom. The molecule has 2 saturated heterocycles. The van der Waals surface area contributed by atoms with Gasteiger partial charge in [0.1, 0.15) is 11.2 Å². The third-order valence-electron chi connectivity index (χ3n) is 4.41. The Morgan fingerprint density at radius 3 is 2.78 bits per heavy atom. The summed E-state index contributed by atoms with van der Waals surface area (Å²) in [5, 5.41) is -0.371. The van der Waals surface area contributed by atoms with Gasteiger partial charge in [-0.25, -0.2) is 4.39 Å². The van der Waals surface area contributed by atoms with Crippen LogP contribution >= 0.6 is 11.8 Å². The van der Waals surface area contributed by atoms with Crippen molar-refractivity contribution in [2.75, 3.05) is 19.6 Å². The fourth-order valence-electron chi connectivity index (χ4n) is 3.16. The fraction of sp³-hybridized carbons (Fsp3) is 0.529. The molecule has 1 aromatic rings. The topological polar surface area (TPSA) is 40.6 Å². The van der Waals surface area contributed by atoms with E-state index in [1.807, 2.05) is 17.9 Å². The number of rotatable bonds is 4. The Balaban J connectivity index is 1.69. The minimum absolute atomic E-state index is 0.0264. The van der Waals surface area contributed by atoms with Gasteiger partial charge in [-0.2, -0.15) is 0 Å². The first-order valence-electron chi connectivity index (χ1n) is 8.05. The molecule has 2 atom stereocenters. The molecule has 0 aromatic heterocycles. The number of halogens is 1. The van der Waals surface area contributed by atoms with Gasteiger partial charge in [-0.15, -0.1) is 11.8 Å². The van der Waals surface area contributed by atoms with Crippen LogP contribution in [0.1, 0.15) is 37.1 Å². The Kier molecular flexibility index (Phi) is 4.90. The molecule has 2 amide bonds. The summed E-state index contributed by atoms with van der Waals surface area (Å²) in [7, 11) is 0. The molecule has 1 aromatic carbocycles. The van der Waals surface area contributed by atoms with E-state index in [9.17, 15) is 14.0 Å². The number of nitrogens with zero attached hydrogens (tertiary/aromatic N) is 2. The normalized spacial score (nSPS) is 24.5. The van der Waals surface area contributed by atoms with Crippen molar-refractivity contribution >= 4 is 23.6 Å². The average Bonchev–Trinajstić information content (AvgIpc) is 3.15. The number of carbonyl (C=O) groups is 2. The number of thioether (sulfide) groups is 1. The summed E-state index contributed by atoms with van der Waals surface area (Å²) in [5.74, 6) is -0.167. The highest BCUT2D eigenvalue weighted by molar-refractivity contribution is 8.01. The molecule has 2 aliphatic heterocycles. The molecule has 0 unspecified atom stereocenters. The fourth-order valence-corrected chi connectivity index (χ4v) is 4.46. The van der Waals surface area contributed by atoms with Crippen molar-refractivity contribution in [3.05, 3.63) is 35.6 Å². The number of benzene rings is 1. The molecule has 2 heterocycles. The van der Waals surface area contributed by atoms with Gasteiger partial charge in [0.15, 0.2) is 0 Å². The van der Waals surface area contributed by atoms with Crippen molar-refractivity contribution < 1.29 is 14.0 Å². The van der Waals surface area contributed by atoms with Gasteiger partial charge in [-0.05, 0) is 37.5 Å². The lowest BCUT2D eigenvalue weighted by molar-refractivity contribution is -0.133. The molecular weight excluding hydrogens is 315 g/mol. The van der Waals surface area contributed by atoms with Crippen molar-refractivity contribution in [1.29, 1.82) is 0 Å². The van der Waals surface area contributed by atoms with Crippen LogP contribution in [0.2, 0.25) is 0 Å². The maximum Gasteiger partial charge on any atom is 0.236 e. The quantitative estimate of drug-likeness (QED) is 0.849. The molecule has 0 radical (unpaired) electrons. The predicted molar refractivity (Wildman–Crippen MR) is 88.3 cm³/mol. The highest BCUT2D eigenvalue weighted by Crippen LogP contribution is 2.43. The minimum atomic E-state index is -0.303. The molecule has 2 aliphatic rings. The van der Waals surface area contributed by atoms with Crippen molar-refractivity contribution in [3.8, 4) is 0 Å². The first-order valence-corrected chi connectivity index (χ1v) is 9.00. The number of carbonyl (C=O) groups excluding carboxylic acids is 2. The van der Waals surface area contributed by atoms with Crippen LogP contribution in [-0.2, 0) is 9.59 Å². The second kappa shape index (κ2) is 6.91. The van der Waals surface area contributed by atoms with Crippen LogP contribution in [0.15, 0.2) is 24.3 Å². The molecule has 124 valence electrons. The molecule has 0 saturated carbocycles. The van der Waals surface area contributed by atoms with Gasteiger partial charge in [0.25, 0.3) is 0 Å². The average molecular weight is 336 g/mol. The Morgan fingerprint density at radius 1 is 1.35 bits per heavy atom. The summed E-state index contributed by atoms with van der Waals surface area (Å²) in [4.78, 5) is 28.2. The lowest BCUT2D eigenvalue weighted by Crippen LogP contribution is -2.35. The Hall–Kier alpha value is -1.56. The van der Waals surface area contributed by atoms with Crippen LogP contribution in [0.5, 0.6) is 0 Å². The summed E-state index contributed by atoms with van der Waals surface area (Å²) in [6, 6.07) is 6.36. The third-order valence-corrected chi connectivity index (χ3v) is 5.80. The number of hydrogen-bond donors (Lipinski definition) is 0. The second-order valence-electron chi connectivity index (χ2n) is 6.06. The maximum atomic E-state index is 13.5. The number of hydrogen-bond acceptors (Lipinski definition) is 3. The number of likely N-dealkylation sites (tertiary alicyclic amines) is 1. The second-order valence-corrected chi connectivity index (χ2v) is 7.48. The summed E-state index contributed by atoms with van der Waals surface area (Å²) in [5.41, 5.74) is 0.779. The van der Waals surface area contributed by atoms with Crippen LogP contribution in [0.4, 0.5) is 4.39 Å². The van der Waals surface area contributed by atoms with E-state index >= 15 is 0 Å². The molecule has 4 nitrogen and oxygen atoms in total. The van der Waals surface area contributed by atoms with Crippen LogP contribution < -0.4 is 0 Å². The molecule has 2 fully saturated rings. The van der Waals surface area contributed by atoms with Crippen LogP contribution in [0, 0.1) is 5.82 Å². The Bertz CT molecular complexity index is 604.